The minimum absolute atomic E-state index is 0. The quantitative estimate of drug-likeness (QED) is 0.214. The van der Waals surface area contributed by atoms with E-state index in [4.69, 9.17) is 15.2 Å². The van der Waals surface area contributed by atoms with E-state index in [-0.39, 0.29) is 29.8 Å². The van der Waals surface area contributed by atoms with Crippen molar-refractivity contribution in [3.05, 3.63) is 53.8 Å². The van der Waals surface area contributed by atoms with Crippen LogP contribution < -0.4 is 25.4 Å². The summed E-state index contributed by atoms with van der Waals surface area (Å²) in [7, 11) is 3.22. The molecule has 1 heterocycles. The second kappa shape index (κ2) is 13.3. The molecule has 7 nitrogen and oxygen atoms in total. The Morgan fingerprint density at radius 3 is 2.47 bits per heavy atom. The molecule has 0 atom stereocenters. The number of guanidine groups is 1. The van der Waals surface area contributed by atoms with Crippen LogP contribution in [0.15, 0.2) is 47.5 Å². The molecule has 0 bridgehead atoms. The summed E-state index contributed by atoms with van der Waals surface area (Å²) in [5.74, 6) is 1.65. The van der Waals surface area contributed by atoms with Gasteiger partial charge in [-0.05, 0) is 42.8 Å². The largest absolute Gasteiger partial charge is 0.493 e. The standard InChI is InChI=1S/C23H32FN5O2.HI/c1-30-21-9-8-18(16-22(21)31-2)17-27-23(25)26-10-5-11-28-12-14-29(15-13-28)20-7-4-3-6-19(20)24;/h3-4,6-9,16H,5,10-15,17H2,1-2H3,(H3,25,26,27);1H. The topological polar surface area (TPSA) is 75.4 Å². The summed E-state index contributed by atoms with van der Waals surface area (Å²) in [5.41, 5.74) is 7.68. The molecule has 1 aliphatic heterocycles. The summed E-state index contributed by atoms with van der Waals surface area (Å²) in [5, 5.41) is 3.17. The van der Waals surface area contributed by atoms with Crippen LogP contribution in [0.4, 0.5) is 10.1 Å². The number of para-hydroxylation sites is 1. The lowest BCUT2D eigenvalue weighted by molar-refractivity contribution is 0.254. The first kappa shape index (κ1) is 26.0. The molecule has 2 aromatic rings. The first-order valence-electron chi connectivity index (χ1n) is 10.6. The number of methoxy groups -OCH3 is 2. The highest BCUT2D eigenvalue weighted by Gasteiger charge is 2.18. The highest BCUT2D eigenvalue weighted by Crippen LogP contribution is 2.27. The van der Waals surface area contributed by atoms with E-state index in [0.29, 0.717) is 29.7 Å². The Bertz CT molecular complexity index is 875. The van der Waals surface area contributed by atoms with E-state index in [1.165, 1.54) is 6.07 Å². The lowest BCUT2D eigenvalue weighted by Gasteiger charge is -2.36. The van der Waals surface area contributed by atoms with Gasteiger partial charge in [0, 0.05) is 32.7 Å². The van der Waals surface area contributed by atoms with Crippen molar-refractivity contribution in [1.82, 2.24) is 10.2 Å². The van der Waals surface area contributed by atoms with Gasteiger partial charge in [0.15, 0.2) is 17.5 Å². The van der Waals surface area contributed by atoms with Gasteiger partial charge in [-0.1, -0.05) is 18.2 Å². The number of nitrogens with zero attached hydrogens (tertiary/aromatic N) is 3. The Labute approximate surface area is 206 Å². The first-order valence-corrected chi connectivity index (χ1v) is 10.6. The number of nitrogens with two attached hydrogens (primary N) is 1. The van der Waals surface area contributed by atoms with Crippen molar-refractivity contribution in [3.63, 3.8) is 0 Å². The van der Waals surface area contributed by atoms with Crippen LogP contribution in [0.2, 0.25) is 0 Å². The molecule has 0 saturated carbocycles. The van der Waals surface area contributed by atoms with Gasteiger partial charge < -0.3 is 25.4 Å². The minimum Gasteiger partial charge on any atom is -0.493 e. The Kier molecular flexibility index (Phi) is 10.8. The van der Waals surface area contributed by atoms with Gasteiger partial charge >= 0.3 is 0 Å². The summed E-state index contributed by atoms with van der Waals surface area (Å²) < 4.78 is 24.5. The number of ether oxygens (including phenoxy) is 2. The molecule has 9 heteroatoms. The van der Waals surface area contributed by atoms with Crippen molar-refractivity contribution < 1.29 is 13.9 Å². The Hall–Kier alpha value is -2.27. The van der Waals surface area contributed by atoms with Gasteiger partial charge in [-0.25, -0.2) is 9.38 Å². The monoisotopic (exact) mass is 557 g/mol. The molecule has 0 unspecified atom stereocenters. The highest BCUT2D eigenvalue weighted by atomic mass is 127. The van der Waals surface area contributed by atoms with Crippen LogP contribution in [0.1, 0.15) is 12.0 Å². The molecule has 0 spiro atoms. The van der Waals surface area contributed by atoms with Crippen molar-refractivity contribution in [3.8, 4) is 11.5 Å². The van der Waals surface area contributed by atoms with Gasteiger partial charge in [0.25, 0.3) is 0 Å². The summed E-state index contributed by atoms with van der Waals surface area (Å²) in [6, 6.07) is 12.7. The van der Waals surface area contributed by atoms with Crippen molar-refractivity contribution in [2.45, 2.75) is 13.0 Å². The fourth-order valence-corrected chi connectivity index (χ4v) is 3.65. The van der Waals surface area contributed by atoms with Gasteiger partial charge in [-0.15, -0.1) is 24.0 Å². The highest BCUT2D eigenvalue weighted by molar-refractivity contribution is 14.0. The van der Waals surface area contributed by atoms with E-state index in [9.17, 15) is 4.39 Å². The third-order valence-electron chi connectivity index (χ3n) is 5.40. The third kappa shape index (κ3) is 7.40. The number of halogens is 2. The first-order chi connectivity index (χ1) is 15.1. The number of hydrogen-bond acceptors (Lipinski definition) is 5. The third-order valence-corrected chi connectivity index (χ3v) is 5.40. The maximum atomic E-state index is 13.9. The number of benzene rings is 2. The molecule has 0 aromatic heterocycles. The van der Waals surface area contributed by atoms with Crippen molar-refractivity contribution >= 4 is 35.6 Å². The number of nitrogens with one attached hydrogen (secondary N) is 1. The van der Waals surface area contributed by atoms with Crippen LogP contribution in [-0.4, -0.2) is 64.3 Å². The fourth-order valence-electron chi connectivity index (χ4n) is 3.65. The summed E-state index contributed by atoms with van der Waals surface area (Å²) in [6.07, 6.45) is 0.965. The van der Waals surface area contributed by atoms with Gasteiger partial charge in [0.1, 0.15) is 5.82 Å². The number of hydrogen-bond donors (Lipinski definition) is 2. The van der Waals surface area contributed by atoms with E-state index in [1.54, 1.807) is 20.3 Å². The van der Waals surface area contributed by atoms with Crippen molar-refractivity contribution in [1.29, 1.82) is 0 Å². The smallest absolute Gasteiger partial charge is 0.188 e. The van der Waals surface area contributed by atoms with Crippen LogP contribution in [0.3, 0.4) is 0 Å². The second-order valence-electron chi connectivity index (χ2n) is 7.45. The van der Waals surface area contributed by atoms with E-state index < -0.39 is 0 Å². The van der Waals surface area contributed by atoms with Crippen LogP contribution in [0.25, 0.3) is 0 Å². The van der Waals surface area contributed by atoms with Crippen LogP contribution >= 0.6 is 24.0 Å². The molecule has 1 saturated heterocycles. The SMILES string of the molecule is COc1ccc(CN=C(N)NCCCN2CCN(c3ccccc3F)CC2)cc1OC.I. The lowest BCUT2D eigenvalue weighted by Crippen LogP contribution is -2.47. The Morgan fingerprint density at radius 2 is 1.78 bits per heavy atom. The predicted octanol–water partition coefficient (Wildman–Crippen LogP) is 3.08. The van der Waals surface area contributed by atoms with Gasteiger partial charge in [-0.3, -0.25) is 4.90 Å². The normalized spacial score (nSPS) is 14.6. The molecular formula is C23H33FIN5O2. The van der Waals surface area contributed by atoms with Crippen LogP contribution in [0, 0.1) is 5.82 Å². The summed E-state index contributed by atoms with van der Waals surface area (Å²) >= 11 is 0. The molecule has 0 amide bonds. The van der Waals surface area contributed by atoms with E-state index in [2.05, 4.69) is 20.1 Å². The van der Waals surface area contributed by atoms with Gasteiger partial charge in [0.05, 0.1) is 26.5 Å². The predicted molar refractivity (Wildman–Crippen MR) is 138 cm³/mol. The molecule has 3 N–H and O–H groups in total. The Balaban J connectivity index is 0.00000363. The van der Waals surface area contributed by atoms with Crippen molar-refractivity contribution in [2.75, 3.05) is 58.4 Å². The molecule has 1 fully saturated rings. The lowest BCUT2D eigenvalue weighted by atomic mass is 10.2. The zero-order chi connectivity index (χ0) is 22.1. The van der Waals surface area contributed by atoms with Crippen LogP contribution in [0.5, 0.6) is 11.5 Å². The van der Waals surface area contributed by atoms with Crippen LogP contribution in [-0.2, 0) is 6.54 Å². The van der Waals surface area contributed by atoms with Gasteiger partial charge in [-0.2, -0.15) is 0 Å². The van der Waals surface area contributed by atoms with Crippen molar-refractivity contribution in [2.24, 2.45) is 10.7 Å². The number of piperazine rings is 1. The minimum atomic E-state index is -0.150. The zero-order valence-electron chi connectivity index (χ0n) is 18.7. The average Bonchev–Trinajstić information content (AvgIpc) is 2.81. The van der Waals surface area contributed by atoms with E-state index >= 15 is 0 Å². The zero-order valence-corrected chi connectivity index (χ0v) is 21.1. The molecule has 2 aromatic carbocycles. The molecule has 32 heavy (non-hydrogen) atoms. The molecule has 1 aliphatic rings. The second-order valence-corrected chi connectivity index (χ2v) is 7.45. The summed E-state index contributed by atoms with van der Waals surface area (Å²) in [6.45, 7) is 5.73. The summed E-state index contributed by atoms with van der Waals surface area (Å²) in [4.78, 5) is 8.91. The average molecular weight is 557 g/mol. The number of anilines is 1. The Morgan fingerprint density at radius 1 is 1.06 bits per heavy atom. The fraction of sp³-hybridized carbons (Fsp3) is 0.435. The molecule has 0 radical (unpaired) electrons. The molecule has 3 rings (SSSR count). The molecule has 176 valence electrons. The maximum Gasteiger partial charge on any atom is 0.188 e. The maximum absolute atomic E-state index is 13.9. The van der Waals surface area contributed by atoms with Gasteiger partial charge in [0.2, 0.25) is 0 Å². The van der Waals surface area contributed by atoms with E-state index in [0.717, 1.165) is 51.3 Å². The molecule has 0 aliphatic carbocycles. The molecular weight excluding hydrogens is 524 g/mol. The number of aliphatic imine (C=N–C) groups is 1. The van der Waals surface area contributed by atoms with E-state index in [1.807, 2.05) is 30.3 Å². The number of rotatable bonds is 9.